The van der Waals surface area contributed by atoms with Crippen molar-refractivity contribution < 1.29 is 0 Å². The summed E-state index contributed by atoms with van der Waals surface area (Å²) in [5, 5.41) is 0. The third-order valence-corrected chi connectivity index (χ3v) is 2.82. The van der Waals surface area contributed by atoms with E-state index in [0.29, 0.717) is 0 Å². The van der Waals surface area contributed by atoms with Crippen LogP contribution in [0.25, 0.3) is 0 Å². The SMILES string of the molecule is CC.CCC/C=C\CC1CCCCC1. The summed E-state index contributed by atoms with van der Waals surface area (Å²) in [6, 6.07) is 0. The first-order chi connectivity index (χ1) is 6.93. The molecule has 0 spiro atoms. The molecule has 0 nitrogen and oxygen atoms in total. The largest absolute Gasteiger partial charge is 0.0885 e. The number of rotatable bonds is 4. The highest BCUT2D eigenvalue weighted by atomic mass is 14.2. The maximum Gasteiger partial charge on any atom is -0.0322 e. The van der Waals surface area contributed by atoms with Crippen LogP contribution in [0.15, 0.2) is 12.2 Å². The van der Waals surface area contributed by atoms with Crippen molar-refractivity contribution in [2.45, 2.75) is 72.1 Å². The first-order valence-electron chi connectivity index (χ1n) is 6.58. The fraction of sp³-hybridized carbons (Fsp3) is 0.857. The average molecular weight is 196 g/mol. The second kappa shape index (κ2) is 10.8. The monoisotopic (exact) mass is 196 g/mol. The van der Waals surface area contributed by atoms with Gasteiger partial charge in [0.1, 0.15) is 0 Å². The lowest BCUT2D eigenvalue weighted by molar-refractivity contribution is 0.361. The molecule has 1 aliphatic rings. The molecule has 0 amide bonds. The number of hydrogen-bond donors (Lipinski definition) is 0. The molecule has 14 heavy (non-hydrogen) atoms. The van der Waals surface area contributed by atoms with Gasteiger partial charge in [0.2, 0.25) is 0 Å². The quantitative estimate of drug-likeness (QED) is 0.532. The fourth-order valence-electron chi connectivity index (χ4n) is 2.00. The molecule has 1 fully saturated rings. The minimum Gasteiger partial charge on any atom is -0.0885 e. The average Bonchev–Trinajstić information content (AvgIpc) is 2.29. The van der Waals surface area contributed by atoms with E-state index in [1.165, 1.54) is 51.4 Å². The summed E-state index contributed by atoms with van der Waals surface area (Å²) in [4.78, 5) is 0. The molecule has 0 bridgehead atoms. The molecule has 1 saturated carbocycles. The van der Waals surface area contributed by atoms with Gasteiger partial charge in [-0.2, -0.15) is 0 Å². The van der Waals surface area contributed by atoms with Gasteiger partial charge in [-0.1, -0.05) is 71.4 Å². The van der Waals surface area contributed by atoms with Gasteiger partial charge in [-0.3, -0.25) is 0 Å². The maximum atomic E-state index is 2.40. The normalized spacial score (nSPS) is 17.9. The molecule has 0 saturated heterocycles. The lowest BCUT2D eigenvalue weighted by Crippen LogP contribution is -2.04. The summed E-state index contributed by atoms with van der Waals surface area (Å²) in [5.41, 5.74) is 0. The second-order valence-electron chi connectivity index (χ2n) is 4.00. The van der Waals surface area contributed by atoms with Gasteiger partial charge in [-0.05, 0) is 18.8 Å². The Kier molecular flexibility index (Phi) is 10.6. The van der Waals surface area contributed by atoms with E-state index >= 15 is 0 Å². The van der Waals surface area contributed by atoms with E-state index in [9.17, 15) is 0 Å². The maximum absolute atomic E-state index is 2.40. The summed E-state index contributed by atoms with van der Waals surface area (Å²) in [6.07, 6.45) is 16.1. The highest BCUT2D eigenvalue weighted by Crippen LogP contribution is 2.26. The van der Waals surface area contributed by atoms with Crippen LogP contribution in [-0.4, -0.2) is 0 Å². The van der Waals surface area contributed by atoms with Crippen LogP contribution < -0.4 is 0 Å². The Hall–Kier alpha value is -0.260. The van der Waals surface area contributed by atoms with Crippen LogP contribution >= 0.6 is 0 Å². The molecule has 1 rings (SSSR count). The number of unbranched alkanes of at least 4 members (excludes halogenated alkanes) is 1. The Morgan fingerprint density at radius 2 is 1.64 bits per heavy atom. The number of allylic oxidation sites excluding steroid dienone is 2. The van der Waals surface area contributed by atoms with Crippen molar-refractivity contribution in [1.29, 1.82) is 0 Å². The zero-order valence-electron chi connectivity index (χ0n) is 10.4. The van der Waals surface area contributed by atoms with Gasteiger partial charge in [0.15, 0.2) is 0 Å². The highest BCUT2D eigenvalue weighted by molar-refractivity contribution is 4.84. The van der Waals surface area contributed by atoms with Gasteiger partial charge in [0, 0.05) is 0 Å². The predicted octanol–water partition coefficient (Wildman–Crippen LogP) is 5.34. The van der Waals surface area contributed by atoms with Gasteiger partial charge in [-0.15, -0.1) is 0 Å². The molecule has 0 aromatic carbocycles. The van der Waals surface area contributed by atoms with Crippen LogP contribution in [-0.2, 0) is 0 Å². The lowest BCUT2D eigenvalue weighted by atomic mass is 9.87. The van der Waals surface area contributed by atoms with Crippen LogP contribution in [0, 0.1) is 5.92 Å². The van der Waals surface area contributed by atoms with Crippen molar-refractivity contribution in [3.63, 3.8) is 0 Å². The fourth-order valence-corrected chi connectivity index (χ4v) is 2.00. The van der Waals surface area contributed by atoms with Crippen molar-refractivity contribution in [1.82, 2.24) is 0 Å². The molecule has 84 valence electrons. The molecule has 0 heteroatoms. The lowest BCUT2D eigenvalue weighted by Gasteiger charge is -2.19. The Morgan fingerprint density at radius 3 is 2.21 bits per heavy atom. The van der Waals surface area contributed by atoms with Crippen molar-refractivity contribution >= 4 is 0 Å². The minimum absolute atomic E-state index is 1.02. The van der Waals surface area contributed by atoms with Crippen LogP contribution in [0.3, 0.4) is 0 Å². The molecule has 0 N–H and O–H groups in total. The second-order valence-corrected chi connectivity index (χ2v) is 4.00. The standard InChI is InChI=1S/C12H22.C2H6/c1-2-3-4-6-9-12-10-7-5-8-11-12;1-2/h4,6,12H,2-3,5,7-11H2,1H3;1-2H3/b6-4-;. The smallest absolute Gasteiger partial charge is 0.0322 e. The van der Waals surface area contributed by atoms with Gasteiger partial charge in [-0.25, -0.2) is 0 Å². The van der Waals surface area contributed by atoms with Crippen molar-refractivity contribution in [3.05, 3.63) is 12.2 Å². The van der Waals surface area contributed by atoms with Crippen LogP contribution in [0.4, 0.5) is 0 Å². The van der Waals surface area contributed by atoms with E-state index in [1.54, 1.807) is 0 Å². The summed E-state index contributed by atoms with van der Waals surface area (Å²) < 4.78 is 0. The summed E-state index contributed by atoms with van der Waals surface area (Å²) in [7, 11) is 0. The summed E-state index contributed by atoms with van der Waals surface area (Å²) in [5.74, 6) is 1.02. The third-order valence-electron chi connectivity index (χ3n) is 2.82. The predicted molar refractivity (Wildman–Crippen MR) is 66.6 cm³/mol. The van der Waals surface area contributed by atoms with Crippen molar-refractivity contribution in [3.8, 4) is 0 Å². The van der Waals surface area contributed by atoms with Gasteiger partial charge >= 0.3 is 0 Å². The molecule has 0 radical (unpaired) electrons. The van der Waals surface area contributed by atoms with E-state index in [-0.39, 0.29) is 0 Å². The first-order valence-corrected chi connectivity index (χ1v) is 6.58. The van der Waals surface area contributed by atoms with E-state index < -0.39 is 0 Å². The van der Waals surface area contributed by atoms with Crippen LogP contribution in [0.5, 0.6) is 0 Å². The summed E-state index contributed by atoms with van der Waals surface area (Å²) in [6.45, 7) is 6.24. The Bertz CT molecular complexity index is 118. The molecule has 0 aliphatic heterocycles. The zero-order chi connectivity index (χ0) is 10.6. The highest BCUT2D eigenvalue weighted by Gasteiger charge is 2.10. The molecule has 0 atom stereocenters. The molecular weight excluding hydrogens is 168 g/mol. The van der Waals surface area contributed by atoms with Crippen LogP contribution in [0.1, 0.15) is 72.1 Å². The van der Waals surface area contributed by atoms with Gasteiger partial charge in [0.25, 0.3) is 0 Å². The van der Waals surface area contributed by atoms with E-state index in [1.807, 2.05) is 13.8 Å². The van der Waals surface area contributed by atoms with Gasteiger partial charge < -0.3 is 0 Å². The van der Waals surface area contributed by atoms with E-state index in [4.69, 9.17) is 0 Å². The molecule has 0 aromatic rings. The molecular formula is C14H28. The molecule has 1 aliphatic carbocycles. The van der Waals surface area contributed by atoms with Crippen molar-refractivity contribution in [2.75, 3.05) is 0 Å². The van der Waals surface area contributed by atoms with E-state index in [2.05, 4.69) is 19.1 Å². The first kappa shape index (κ1) is 13.7. The zero-order valence-corrected chi connectivity index (χ0v) is 10.4. The minimum atomic E-state index is 1.02. The molecule has 0 aromatic heterocycles. The number of hydrogen-bond acceptors (Lipinski definition) is 0. The van der Waals surface area contributed by atoms with E-state index in [0.717, 1.165) is 5.92 Å². The Labute approximate surface area is 90.8 Å². The van der Waals surface area contributed by atoms with Crippen molar-refractivity contribution in [2.24, 2.45) is 5.92 Å². The Morgan fingerprint density at radius 1 is 1.00 bits per heavy atom. The topological polar surface area (TPSA) is 0 Å². The molecule has 0 unspecified atom stereocenters. The van der Waals surface area contributed by atoms with Crippen LogP contribution in [0.2, 0.25) is 0 Å². The third kappa shape index (κ3) is 7.17. The summed E-state index contributed by atoms with van der Waals surface area (Å²) >= 11 is 0. The molecule has 0 heterocycles. The Balaban J connectivity index is 0.000000791. The van der Waals surface area contributed by atoms with Gasteiger partial charge in [0.05, 0.1) is 0 Å².